The lowest BCUT2D eigenvalue weighted by Gasteiger charge is -2.29. The fourth-order valence-electron chi connectivity index (χ4n) is 3.69. The normalized spacial score (nSPS) is 24.6. The van der Waals surface area contributed by atoms with E-state index in [9.17, 15) is 4.39 Å². The summed E-state index contributed by atoms with van der Waals surface area (Å²) in [5, 5.41) is 12.5. The Morgan fingerprint density at radius 3 is 2.60 bits per heavy atom. The summed E-state index contributed by atoms with van der Waals surface area (Å²) >= 11 is 0. The van der Waals surface area contributed by atoms with Crippen LogP contribution in [0.1, 0.15) is 31.2 Å². The SMILES string of the molecule is N#Cc1cccc(Oc2cc(OC3CC4CCC(C3)N4)ccc2F)c1. The number of fused-ring (bicyclic) bond motifs is 2. The zero-order valence-electron chi connectivity index (χ0n) is 13.7. The number of halogens is 1. The van der Waals surface area contributed by atoms with Crippen molar-refractivity contribution in [1.82, 2.24) is 5.32 Å². The lowest BCUT2D eigenvalue weighted by molar-refractivity contribution is 0.137. The van der Waals surface area contributed by atoms with Crippen molar-refractivity contribution in [1.29, 1.82) is 5.26 Å². The van der Waals surface area contributed by atoms with Gasteiger partial charge in [0, 0.05) is 18.2 Å². The predicted molar refractivity (Wildman–Crippen MR) is 91.2 cm³/mol. The second-order valence-corrected chi connectivity index (χ2v) is 6.68. The third kappa shape index (κ3) is 3.59. The molecule has 5 heteroatoms. The average molecular weight is 338 g/mol. The van der Waals surface area contributed by atoms with Gasteiger partial charge in [0.05, 0.1) is 11.6 Å². The fraction of sp³-hybridized carbons (Fsp3) is 0.350. The topological polar surface area (TPSA) is 54.3 Å². The lowest BCUT2D eigenvalue weighted by Crippen LogP contribution is -2.42. The van der Waals surface area contributed by atoms with Gasteiger partial charge in [0.1, 0.15) is 17.6 Å². The average Bonchev–Trinajstić information content (AvgIpc) is 2.96. The molecule has 2 aliphatic rings. The summed E-state index contributed by atoms with van der Waals surface area (Å²) in [7, 11) is 0. The molecule has 4 rings (SSSR count). The summed E-state index contributed by atoms with van der Waals surface area (Å²) in [6.07, 6.45) is 4.52. The van der Waals surface area contributed by atoms with Crippen molar-refractivity contribution in [2.75, 3.05) is 0 Å². The maximum absolute atomic E-state index is 14.1. The van der Waals surface area contributed by atoms with Crippen molar-refractivity contribution in [2.45, 2.75) is 43.9 Å². The maximum Gasteiger partial charge on any atom is 0.166 e. The first-order valence-corrected chi connectivity index (χ1v) is 8.60. The quantitative estimate of drug-likeness (QED) is 0.910. The van der Waals surface area contributed by atoms with E-state index >= 15 is 0 Å². The minimum absolute atomic E-state index is 0.101. The van der Waals surface area contributed by atoms with E-state index in [1.807, 2.05) is 6.07 Å². The molecule has 128 valence electrons. The minimum atomic E-state index is -0.458. The number of hydrogen-bond acceptors (Lipinski definition) is 4. The van der Waals surface area contributed by atoms with Gasteiger partial charge < -0.3 is 14.8 Å². The Bertz CT molecular complexity index is 806. The highest BCUT2D eigenvalue weighted by Crippen LogP contribution is 2.33. The Labute approximate surface area is 146 Å². The molecule has 2 aromatic carbocycles. The van der Waals surface area contributed by atoms with E-state index in [4.69, 9.17) is 14.7 Å². The van der Waals surface area contributed by atoms with Gasteiger partial charge in [0.15, 0.2) is 11.6 Å². The molecule has 2 fully saturated rings. The summed E-state index contributed by atoms with van der Waals surface area (Å²) in [5.41, 5.74) is 0.468. The summed E-state index contributed by atoms with van der Waals surface area (Å²) in [6.45, 7) is 0. The standard InChI is InChI=1S/C20H19FN2O2/c21-19-7-6-17(24-18-9-14-4-5-15(10-18)23-14)11-20(19)25-16-3-1-2-13(8-16)12-22/h1-3,6-8,11,14-15,18,23H,4-5,9-10H2. The molecule has 25 heavy (non-hydrogen) atoms. The van der Waals surface area contributed by atoms with Gasteiger partial charge in [-0.1, -0.05) is 6.07 Å². The van der Waals surface area contributed by atoms with Crippen LogP contribution >= 0.6 is 0 Å². The highest BCUT2D eigenvalue weighted by Gasteiger charge is 2.34. The molecular formula is C20H19FN2O2. The molecule has 4 nitrogen and oxygen atoms in total. The molecule has 0 aromatic heterocycles. The number of piperidine rings is 1. The molecule has 0 spiro atoms. The van der Waals surface area contributed by atoms with E-state index in [-0.39, 0.29) is 11.9 Å². The smallest absolute Gasteiger partial charge is 0.166 e. The van der Waals surface area contributed by atoms with E-state index in [1.165, 1.54) is 18.9 Å². The van der Waals surface area contributed by atoms with Crippen LogP contribution in [-0.4, -0.2) is 18.2 Å². The van der Waals surface area contributed by atoms with Gasteiger partial charge in [-0.15, -0.1) is 0 Å². The first-order chi connectivity index (χ1) is 12.2. The molecule has 2 heterocycles. The number of benzene rings is 2. The second kappa shape index (κ2) is 6.73. The van der Waals surface area contributed by atoms with Crippen molar-refractivity contribution in [3.63, 3.8) is 0 Å². The highest BCUT2D eigenvalue weighted by molar-refractivity contribution is 5.41. The van der Waals surface area contributed by atoms with Crippen molar-refractivity contribution in [3.05, 3.63) is 53.8 Å². The number of rotatable bonds is 4. The van der Waals surface area contributed by atoms with Crippen molar-refractivity contribution in [3.8, 4) is 23.3 Å². The Morgan fingerprint density at radius 2 is 1.84 bits per heavy atom. The molecule has 0 saturated carbocycles. The van der Waals surface area contributed by atoms with Crippen LogP contribution in [0.3, 0.4) is 0 Å². The zero-order valence-corrected chi connectivity index (χ0v) is 13.7. The largest absolute Gasteiger partial charge is 0.490 e. The fourth-order valence-corrected chi connectivity index (χ4v) is 3.69. The Kier molecular flexibility index (Phi) is 4.29. The molecule has 2 aromatic rings. The summed E-state index contributed by atoms with van der Waals surface area (Å²) in [6, 6.07) is 14.3. The van der Waals surface area contributed by atoms with Crippen LogP contribution in [0.15, 0.2) is 42.5 Å². The van der Waals surface area contributed by atoms with Crippen LogP contribution in [0.2, 0.25) is 0 Å². The summed E-state index contributed by atoms with van der Waals surface area (Å²) in [5.74, 6) is 0.679. The van der Waals surface area contributed by atoms with E-state index < -0.39 is 5.82 Å². The molecule has 2 aliphatic heterocycles. The third-order valence-electron chi connectivity index (χ3n) is 4.83. The van der Waals surface area contributed by atoms with Gasteiger partial charge in [-0.05, 0) is 56.0 Å². The van der Waals surface area contributed by atoms with Gasteiger partial charge in [-0.25, -0.2) is 4.39 Å². The van der Waals surface area contributed by atoms with Gasteiger partial charge >= 0.3 is 0 Å². The molecule has 1 N–H and O–H groups in total. The molecule has 0 radical (unpaired) electrons. The Balaban J connectivity index is 1.49. The first kappa shape index (κ1) is 15.9. The number of nitrogens with one attached hydrogen (secondary N) is 1. The van der Waals surface area contributed by atoms with Crippen LogP contribution in [0, 0.1) is 17.1 Å². The number of ether oxygens (including phenoxy) is 2. The number of nitriles is 1. The van der Waals surface area contributed by atoms with Crippen LogP contribution in [0.5, 0.6) is 17.2 Å². The van der Waals surface area contributed by atoms with Crippen LogP contribution in [0.25, 0.3) is 0 Å². The number of hydrogen-bond donors (Lipinski definition) is 1. The Morgan fingerprint density at radius 1 is 1.04 bits per heavy atom. The van der Waals surface area contributed by atoms with Gasteiger partial charge in [-0.3, -0.25) is 0 Å². The van der Waals surface area contributed by atoms with Gasteiger partial charge in [0.2, 0.25) is 0 Å². The van der Waals surface area contributed by atoms with Crippen molar-refractivity contribution in [2.24, 2.45) is 0 Å². The highest BCUT2D eigenvalue weighted by atomic mass is 19.1. The minimum Gasteiger partial charge on any atom is -0.490 e. The van der Waals surface area contributed by atoms with Crippen LogP contribution in [0.4, 0.5) is 4.39 Å². The molecule has 0 amide bonds. The molecule has 2 saturated heterocycles. The first-order valence-electron chi connectivity index (χ1n) is 8.60. The molecule has 2 unspecified atom stereocenters. The van der Waals surface area contributed by atoms with Crippen LogP contribution in [-0.2, 0) is 0 Å². The summed E-state index contributed by atoms with van der Waals surface area (Å²) < 4.78 is 25.8. The molecular weight excluding hydrogens is 319 g/mol. The van der Waals surface area contributed by atoms with Crippen molar-refractivity contribution < 1.29 is 13.9 Å². The molecule has 2 bridgehead atoms. The van der Waals surface area contributed by atoms with Gasteiger partial charge in [-0.2, -0.15) is 5.26 Å². The summed E-state index contributed by atoms with van der Waals surface area (Å²) in [4.78, 5) is 0. The molecule has 0 aliphatic carbocycles. The second-order valence-electron chi connectivity index (χ2n) is 6.68. The monoisotopic (exact) mass is 338 g/mol. The zero-order chi connectivity index (χ0) is 17.2. The van der Waals surface area contributed by atoms with E-state index in [0.717, 1.165) is 12.8 Å². The van der Waals surface area contributed by atoms with Crippen LogP contribution < -0.4 is 14.8 Å². The Hall–Kier alpha value is -2.58. The lowest BCUT2D eigenvalue weighted by atomic mass is 10.0. The van der Waals surface area contributed by atoms with Gasteiger partial charge in [0.25, 0.3) is 0 Å². The van der Waals surface area contributed by atoms with Crippen molar-refractivity contribution >= 4 is 0 Å². The van der Waals surface area contributed by atoms with E-state index in [1.54, 1.807) is 36.4 Å². The number of nitrogens with zero attached hydrogens (tertiary/aromatic N) is 1. The third-order valence-corrected chi connectivity index (χ3v) is 4.83. The van der Waals surface area contributed by atoms with E-state index in [2.05, 4.69) is 5.32 Å². The molecule has 2 atom stereocenters. The predicted octanol–water partition coefficient (Wildman–Crippen LogP) is 4.15. The van der Waals surface area contributed by atoms with E-state index in [0.29, 0.717) is 29.1 Å². The maximum atomic E-state index is 14.1.